The maximum absolute atomic E-state index is 13.2. The first-order chi connectivity index (χ1) is 14.4. The van der Waals surface area contributed by atoms with E-state index >= 15 is 0 Å². The van der Waals surface area contributed by atoms with Gasteiger partial charge in [0, 0.05) is 11.3 Å². The quantitative estimate of drug-likeness (QED) is 0.601. The van der Waals surface area contributed by atoms with Crippen molar-refractivity contribution in [2.45, 2.75) is 34.1 Å². The molecule has 0 unspecified atom stereocenters. The molecular weight excluding hydrogens is 378 g/mol. The molecule has 0 fully saturated rings. The maximum Gasteiger partial charge on any atom is 0.342 e. The van der Waals surface area contributed by atoms with Gasteiger partial charge in [-0.2, -0.15) is 0 Å². The third-order valence-corrected chi connectivity index (χ3v) is 4.81. The van der Waals surface area contributed by atoms with E-state index in [0.717, 1.165) is 16.7 Å². The second kappa shape index (κ2) is 9.31. The second-order valence-electron chi connectivity index (χ2n) is 6.91. The van der Waals surface area contributed by atoms with E-state index in [1.165, 1.54) is 0 Å². The Morgan fingerprint density at radius 2 is 1.70 bits per heavy atom. The van der Waals surface area contributed by atoms with Gasteiger partial charge in [0.15, 0.2) is 5.82 Å². The second-order valence-corrected chi connectivity index (χ2v) is 6.91. The van der Waals surface area contributed by atoms with E-state index < -0.39 is 11.9 Å². The molecule has 3 aromatic rings. The summed E-state index contributed by atoms with van der Waals surface area (Å²) in [4.78, 5) is 34.9. The molecule has 3 rings (SSSR count). The Balaban J connectivity index is 2.11. The van der Waals surface area contributed by atoms with E-state index in [9.17, 15) is 9.59 Å². The number of rotatable bonds is 6. The molecule has 0 radical (unpaired) electrons. The number of nitrogens with one attached hydrogen (secondary N) is 1. The minimum absolute atomic E-state index is 0.0115. The topological polar surface area (TPSA) is 81.2 Å². The molecular formula is C24H25N3O3. The fourth-order valence-electron chi connectivity index (χ4n) is 3.07. The predicted octanol–water partition coefficient (Wildman–Crippen LogP) is 4.75. The first-order valence-corrected chi connectivity index (χ1v) is 9.96. The van der Waals surface area contributed by atoms with Crippen LogP contribution in [0.25, 0.3) is 11.4 Å². The van der Waals surface area contributed by atoms with Gasteiger partial charge in [0.25, 0.3) is 5.91 Å². The molecule has 6 nitrogen and oxygen atoms in total. The Hall–Kier alpha value is -3.54. The van der Waals surface area contributed by atoms with E-state index in [-0.39, 0.29) is 17.9 Å². The molecule has 6 heteroatoms. The Kier molecular flexibility index (Phi) is 6.57. The van der Waals surface area contributed by atoms with Crippen LogP contribution in [0.5, 0.6) is 0 Å². The number of benzene rings is 2. The lowest BCUT2D eigenvalue weighted by atomic mass is 10.1. The highest BCUT2D eigenvalue weighted by Crippen LogP contribution is 2.22. The van der Waals surface area contributed by atoms with Gasteiger partial charge in [-0.25, -0.2) is 14.8 Å². The number of carbonyl (C=O) groups excluding carboxylic acids is 2. The average molecular weight is 403 g/mol. The van der Waals surface area contributed by atoms with Gasteiger partial charge in [-0.3, -0.25) is 4.79 Å². The van der Waals surface area contributed by atoms with Crippen LogP contribution in [0.15, 0.2) is 48.5 Å². The highest BCUT2D eigenvalue weighted by atomic mass is 16.5. The zero-order valence-electron chi connectivity index (χ0n) is 17.7. The highest BCUT2D eigenvalue weighted by molar-refractivity contribution is 6.10. The summed E-state index contributed by atoms with van der Waals surface area (Å²) in [6, 6.07) is 15.0. The van der Waals surface area contributed by atoms with Gasteiger partial charge in [0.05, 0.1) is 12.3 Å². The fraction of sp³-hybridized carbons (Fsp3) is 0.250. The van der Waals surface area contributed by atoms with Crippen molar-refractivity contribution in [2.24, 2.45) is 0 Å². The first kappa shape index (κ1) is 21.2. The van der Waals surface area contributed by atoms with E-state index in [0.29, 0.717) is 23.6 Å². The summed E-state index contributed by atoms with van der Waals surface area (Å²) in [5.41, 5.74) is 4.19. The lowest BCUT2D eigenvalue weighted by Crippen LogP contribution is -2.23. The number of carbonyl (C=O) groups is 2. The van der Waals surface area contributed by atoms with Crippen molar-refractivity contribution in [2.75, 3.05) is 11.9 Å². The van der Waals surface area contributed by atoms with Crippen LogP contribution in [0.3, 0.4) is 0 Å². The number of esters is 1. The number of hydrogen-bond acceptors (Lipinski definition) is 5. The molecule has 0 aliphatic heterocycles. The molecule has 2 aromatic carbocycles. The molecule has 0 saturated heterocycles. The normalized spacial score (nSPS) is 10.5. The van der Waals surface area contributed by atoms with E-state index in [1.807, 2.05) is 69.3 Å². The van der Waals surface area contributed by atoms with Crippen molar-refractivity contribution in [3.8, 4) is 11.4 Å². The van der Waals surface area contributed by atoms with Crippen LogP contribution in [-0.2, 0) is 11.2 Å². The molecule has 154 valence electrons. The standard InChI is InChI=1S/C24H25N3O3/c1-5-19-20(24(29)30-6-2)21(27-22(26-19)17-10-8-7-9-11-17)23(28)25-18-13-12-15(3)16(4)14-18/h7-14H,5-6H2,1-4H3,(H,25,28). The Labute approximate surface area is 176 Å². The Morgan fingerprint density at radius 3 is 2.33 bits per heavy atom. The zero-order valence-corrected chi connectivity index (χ0v) is 17.7. The van der Waals surface area contributed by atoms with Gasteiger partial charge in [0.2, 0.25) is 0 Å². The van der Waals surface area contributed by atoms with Crippen molar-refractivity contribution in [1.82, 2.24) is 9.97 Å². The first-order valence-electron chi connectivity index (χ1n) is 9.96. The Morgan fingerprint density at radius 1 is 0.967 bits per heavy atom. The predicted molar refractivity (Wildman–Crippen MR) is 117 cm³/mol. The smallest absolute Gasteiger partial charge is 0.342 e. The van der Waals surface area contributed by atoms with Crippen LogP contribution >= 0.6 is 0 Å². The molecule has 0 aliphatic rings. The maximum atomic E-state index is 13.2. The lowest BCUT2D eigenvalue weighted by Gasteiger charge is -2.14. The van der Waals surface area contributed by atoms with Gasteiger partial charge < -0.3 is 10.1 Å². The summed E-state index contributed by atoms with van der Waals surface area (Å²) in [6.07, 6.45) is 0.459. The highest BCUT2D eigenvalue weighted by Gasteiger charge is 2.26. The summed E-state index contributed by atoms with van der Waals surface area (Å²) in [5, 5.41) is 2.86. The summed E-state index contributed by atoms with van der Waals surface area (Å²) in [7, 11) is 0. The van der Waals surface area contributed by atoms with Crippen molar-refractivity contribution in [3.63, 3.8) is 0 Å². The number of nitrogens with zero attached hydrogens (tertiary/aromatic N) is 2. The van der Waals surface area contributed by atoms with E-state index in [4.69, 9.17) is 4.74 Å². The molecule has 1 amide bonds. The summed E-state index contributed by atoms with van der Waals surface area (Å²) >= 11 is 0. The molecule has 0 atom stereocenters. The van der Waals surface area contributed by atoms with Crippen LogP contribution in [0, 0.1) is 13.8 Å². The number of ether oxygens (including phenoxy) is 1. The van der Waals surface area contributed by atoms with Crippen LogP contribution < -0.4 is 5.32 Å². The minimum Gasteiger partial charge on any atom is -0.462 e. The summed E-state index contributed by atoms with van der Waals surface area (Å²) < 4.78 is 5.19. The van der Waals surface area contributed by atoms with Gasteiger partial charge in [0.1, 0.15) is 11.3 Å². The SMILES string of the molecule is CCOC(=O)c1c(CC)nc(-c2ccccc2)nc1C(=O)Nc1ccc(C)c(C)c1. The summed E-state index contributed by atoms with van der Waals surface area (Å²) in [5.74, 6) is -0.680. The van der Waals surface area contributed by atoms with Gasteiger partial charge >= 0.3 is 5.97 Å². The van der Waals surface area contributed by atoms with Crippen LogP contribution in [0.2, 0.25) is 0 Å². The molecule has 0 saturated carbocycles. The number of anilines is 1. The lowest BCUT2D eigenvalue weighted by molar-refractivity contribution is 0.0520. The van der Waals surface area contributed by atoms with E-state index in [2.05, 4.69) is 15.3 Å². The molecule has 30 heavy (non-hydrogen) atoms. The largest absolute Gasteiger partial charge is 0.462 e. The molecule has 0 aliphatic carbocycles. The molecule has 1 N–H and O–H groups in total. The Bertz CT molecular complexity index is 1080. The van der Waals surface area contributed by atoms with Gasteiger partial charge in [-0.1, -0.05) is 43.3 Å². The van der Waals surface area contributed by atoms with E-state index in [1.54, 1.807) is 6.92 Å². The monoisotopic (exact) mass is 403 g/mol. The third-order valence-electron chi connectivity index (χ3n) is 4.81. The van der Waals surface area contributed by atoms with Crippen molar-refractivity contribution in [1.29, 1.82) is 0 Å². The van der Waals surface area contributed by atoms with Crippen molar-refractivity contribution < 1.29 is 14.3 Å². The number of aromatic nitrogens is 2. The van der Waals surface area contributed by atoms with Crippen molar-refractivity contribution in [3.05, 3.63) is 76.6 Å². The zero-order chi connectivity index (χ0) is 21.7. The minimum atomic E-state index is -0.598. The van der Waals surface area contributed by atoms with Gasteiger partial charge in [-0.15, -0.1) is 0 Å². The molecule has 0 spiro atoms. The number of aryl methyl sites for hydroxylation is 3. The number of amides is 1. The average Bonchev–Trinajstić information content (AvgIpc) is 2.76. The van der Waals surface area contributed by atoms with Crippen LogP contribution in [-0.4, -0.2) is 28.5 Å². The fourth-order valence-corrected chi connectivity index (χ4v) is 3.07. The molecule has 0 bridgehead atoms. The van der Waals surface area contributed by atoms with Crippen LogP contribution in [0.1, 0.15) is 51.5 Å². The van der Waals surface area contributed by atoms with Gasteiger partial charge in [-0.05, 0) is 50.5 Å². The van der Waals surface area contributed by atoms with Crippen LogP contribution in [0.4, 0.5) is 5.69 Å². The molecule has 1 heterocycles. The molecule has 1 aromatic heterocycles. The third kappa shape index (κ3) is 4.54. The summed E-state index contributed by atoms with van der Waals surface area (Å²) in [6.45, 7) is 7.77. The van der Waals surface area contributed by atoms with Crippen molar-refractivity contribution >= 4 is 17.6 Å². The number of hydrogen-bond donors (Lipinski definition) is 1.